The zero-order valence-corrected chi connectivity index (χ0v) is 11.9. The van der Waals surface area contributed by atoms with Gasteiger partial charge in [0.15, 0.2) is 0 Å². The highest BCUT2D eigenvalue weighted by atomic mass is 16.4. The van der Waals surface area contributed by atoms with Crippen LogP contribution in [0.15, 0.2) is 0 Å². The molecule has 0 aromatic heterocycles. The molecule has 6 heteroatoms. The summed E-state index contributed by atoms with van der Waals surface area (Å²) in [6, 6.07) is -0.317. The van der Waals surface area contributed by atoms with E-state index in [1.165, 1.54) is 0 Å². The van der Waals surface area contributed by atoms with E-state index in [4.69, 9.17) is 5.11 Å². The van der Waals surface area contributed by atoms with Gasteiger partial charge in [0.05, 0.1) is 5.41 Å². The van der Waals surface area contributed by atoms with Crippen molar-refractivity contribution in [2.45, 2.75) is 33.2 Å². The van der Waals surface area contributed by atoms with Gasteiger partial charge in [0.25, 0.3) is 0 Å². The van der Waals surface area contributed by atoms with Gasteiger partial charge in [0.1, 0.15) is 0 Å². The van der Waals surface area contributed by atoms with Gasteiger partial charge in [0, 0.05) is 19.1 Å². The number of hydrogen-bond acceptors (Lipinski definition) is 3. The second-order valence-electron chi connectivity index (χ2n) is 5.21. The van der Waals surface area contributed by atoms with Gasteiger partial charge in [-0.15, -0.1) is 0 Å². The fourth-order valence-corrected chi connectivity index (χ4v) is 1.50. The highest BCUT2D eigenvalue weighted by Crippen LogP contribution is 2.19. The molecular weight excluding hydrogens is 234 g/mol. The van der Waals surface area contributed by atoms with E-state index in [0.29, 0.717) is 6.42 Å². The average molecular weight is 259 g/mol. The zero-order valence-electron chi connectivity index (χ0n) is 11.9. The first-order chi connectivity index (χ1) is 8.21. The summed E-state index contributed by atoms with van der Waals surface area (Å²) in [6.45, 7) is 6.17. The summed E-state index contributed by atoms with van der Waals surface area (Å²) < 4.78 is 0. The lowest BCUT2D eigenvalue weighted by Crippen LogP contribution is -2.48. The minimum absolute atomic E-state index is 0.0118. The number of rotatable bonds is 7. The minimum Gasteiger partial charge on any atom is -0.481 e. The van der Waals surface area contributed by atoms with Crippen molar-refractivity contribution in [3.8, 4) is 0 Å². The maximum absolute atomic E-state index is 11.6. The van der Waals surface area contributed by atoms with Gasteiger partial charge < -0.3 is 20.6 Å². The Morgan fingerprint density at radius 1 is 1.39 bits per heavy atom. The molecule has 3 N–H and O–H groups in total. The third kappa shape index (κ3) is 5.86. The molecule has 0 aliphatic carbocycles. The predicted molar refractivity (Wildman–Crippen MR) is 70.6 cm³/mol. The molecule has 0 spiro atoms. The number of amides is 2. The van der Waals surface area contributed by atoms with Crippen molar-refractivity contribution in [3.05, 3.63) is 0 Å². The van der Waals surface area contributed by atoms with E-state index in [0.717, 1.165) is 6.54 Å². The average Bonchev–Trinajstić information content (AvgIpc) is 2.24. The molecule has 0 aliphatic rings. The quantitative estimate of drug-likeness (QED) is 0.630. The topological polar surface area (TPSA) is 81.7 Å². The molecule has 0 saturated heterocycles. The maximum Gasteiger partial charge on any atom is 0.315 e. The van der Waals surface area contributed by atoms with Crippen LogP contribution in [-0.4, -0.2) is 55.2 Å². The summed E-state index contributed by atoms with van der Waals surface area (Å²) in [7, 11) is 3.85. The number of nitrogens with zero attached hydrogens (tertiary/aromatic N) is 1. The number of urea groups is 1. The summed E-state index contributed by atoms with van der Waals surface area (Å²) in [5.74, 6) is -0.897. The summed E-state index contributed by atoms with van der Waals surface area (Å²) >= 11 is 0. The predicted octanol–water partition coefficient (Wildman–Crippen LogP) is 0.737. The Bertz CT molecular complexity index is 294. The smallest absolute Gasteiger partial charge is 0.315 e. The van der Waals surface area contributed by atoms with E-state index in [-0.39, 0.29) is 18.6 Å². The zero-order chi connectivity index (χ0) is 14.3. The summed E-state index contributed by atoms with van der Waals surface area (Å²) in [4.78, 5) is 24.6. The highest BCUT2D eigenvalue weighted by Gasteiger charge is 2.31. The molecule has 2 unspecified atom stereocenters. The first kappa shape index (κ1) is 16.7. The van der Waals surface area contributed by atoms with Gasteiger partial charge in [0.2, 0.25) is 0 Å². The van der Waals surface area contributed by atoms with Crippen LogP contribution in [0, 0.1) is 5.41 Å². The van der Waals surface area contributed by atoms with Gasteiger partial charge in [-0.25, -0.2) is 4.79 Å². The molecule has 0 fully saturated rings. The molecule has 0 aromatic carbocycles. The summed E-state index contributed by atoms with van der Waals surface area (Å²) in [6.07, 6.45) is 0.468. The third-order valence-electron chi connectivity index (χ3n) is 2.95. The van der Waals surface area contributed by atoms with Crippen LogP contribution in [0.1, 0.15) is 27.2 Å². The van der Waals surface area contributed by atoms with Crippen LogP contribution in [0.3, 0.4) is 0 Å². The molecule has 106 valence electrons. The number of carbonyl (C=O) groups excluding carboxylic acids is 1. The van der Waals surface area contributed by atoms with Crippen LogP contribution in [0.25, 0.3) is 0 Å². The van der Waals surface area contributed by atoms with Gasteiger partial charge in [-0.3, -0.25) is 4.79 Å². The molecule has 18 heavy (non-hydrogen) atoms. The van der Waals surface area contributed by atoms with E-state index in [1.54, 1.807) is 13.8 Å². The van der Waals surface area contributed by atoms with Crippen LogP contribution in [0.2, 0.25) is 0 Å². The SMILES string of the molecule is CCC(C)(CNC(=O)NC(C)CN(C)C)C(=O)O. The second kappa shape index (κ2) is 7.20. The molecule has 0 heterocycles. The van der Waals surface area contributed by atoms with E-state index >= 15 is 0 Å². The van der Waals surface area contributed by atoms with Crippen LogP contribution >= 0.6 is 0 Å². The van der Waals surface area contributed by atoms with Crippen molar-refractivity contribution in [2.24, 2.45) is 5.41 Å². The number of carboxylic acids is 1. The number of aliphatic carboxylic acids is 1. The Morgan fingerprint density at radius 2 is 1.94 bits per heavy atom. The second-order valence-corrected chi connectivity index (χ2v) is 5.21. The van der Waals surface area contributed by atoms with Crippen molar-refractivity contribution >= 4 is 12.0 Å². The van der Waals surface area contributed by atoms with E-state index < -0.39 is 11.4 Å². The minimum atomic E-state index is -0.915. The van der Waals surface area contributed by atoms with Gasteiger partial charge in [-0.2, -0.15) is 0 Å². The van der Waals surface area contributed by atoms with Crippen molar-refractivity contribution in [1.82, 2.24) is 15.5 Å². The molecule has 0 bridgehead atoms. The lowest BCUT2D eigenvalue weighted by Gasteiger charge is -2.24. The largest absolute Gasteiger partial charge is 0.481 e. The van der Waals surface area contributed by atoms with Gasteiger partial charge >= 0.3 is 12.0 Å². The van der Waals surface area contributed by atoms with Crippen molar-refractivity contribution in [2.75, 3.05) is 27.2 Å². The van der Waals surface area contributed by atoms with E-state index in [2.05, 4.69) is 10.6 Å². The lowest BCUT2D eigenvalue weighted by molar-refractivity contribution is -0.147. The van der Waals surface area contributed by atoms with Crippen molar-refractivity contribution in [3.63, 3.8) is 0 Å². The number of likely N-dealkylation sites (N-methyl/N-ethyl adjacent to an activating group) is 1. The maximum atomic E-state index is 11.6. The fraction of sp³-hybridized carbons (Fsp3) is 0.833. The Kier molecular flexibility index (Phi) is 6.68. The van der Waals surface area contributed by atoms with Crippen LogP contribution in [-0.2, 0) is 4.79 Å². The Balaban J connectivity index is 4.14. The van der Waals surface area contributed by atoms with Crippen molar-refractivity contribution in [1.29, 1.82) is 0 Å². The molecule has 0 radical (unpaired) electrons. The molecule has 6 nitrogen and oxygen atoms in total. The Hall–Kier alpha value is -1.30. The molecule has 0 aliphatic heterocycles. The number of carboxylic acid groups (broad SMARTS) is 1. The molecule has 0 rings (SSSR count). The number of nitrogens with one attached hydrogen (secondary N) is 2. The molecule has 2 atom stereocenters. The van der Waals surface area contributed by atoms with Crippen LogP contribution < -0.4 is 10.6 Å². The van der Waals surface area contributed by atoms with E-state index in [1.807, 2.05) is 25.9 Å². The molecule has 0 aromatic rings. The number of hydrogen-bond donors (Lipinski definition) is 3. The lowest BCUT2D eigenvalue weighted by atomic mass is 9.88. The van der Waals surface area contributed by atoms with E-state index in [9.17, 15) is 9.59 Å². The summed E-state index contributed by atoms with van der Waals surface area (Å²) in [5.41, 5.74) is -0.915. The standard InChI is InChI=1S/C12H25N3O3/c1-6-12(3,10(16)17)8-13-11(18)14-9(2)7-15(4)5/h9H,6-8H2,1-5H3,(H,16,17)(H2,13,14,18). The van der Waals surface area contributed by atoms with Crippen molar-refractivity contribution < 1.29 is 14.7 Å². The first-order valence-electron chi connectivity index (χ1n) is 6.13. The highest BCUT2D eigenvalue weighted by molar-refractivity contribution is 5.77. The Labute approximate surface area is 109 Å². The van der Waals surface area contributed by atoms with Crippen LogP contribution in [0.5, 0.6) is 0 Å². The number of carbonyl (C=O) groups is 2. The van der Waals surface area contributed by atoms with Gasteiger partial charge in [-0.05, 0) is 34.4 Å². The van der Waals surface area contributed by atoms with Gasteiger partial charge in [-0.1, -0.05) is 6.92 Å². The first-order valence-corrected chi connectivity index (χ1v) is 6.13. The fourth-order valence-electron chi connectivity index (χ4n) is 1.50. The molecule has 0 saturated carbocycles. The molecule has 2 amide bonds. The van der Waals surface area contributed by atoms with Crippen LogP contribution in [0.4, 0.5) is 4.79 Å². The third-order valence-corrected chi connectivity index (χ3v) is 2.95. The summed E-state index contributed by atoms with van der Waals surface area (Å²) in [5, 5.41) is 14.4. The Morgan fingerprint density at radius 3 is 2.33 bits per heavy atom. The molecular formula is C12H25N3O3. The monoisotopic (exact) mass is 259 g/mol. The normalized spacial score (nSPS) is 15.9.